The molecule has 0 spiro atoms. The molecule has 0 N–H and O–H groups in total. The van der Waals surface area contributed by atoms with E-state index in [1.165, 1.54) is 0 Å². The lowest BCUT2D eigenvalue weighted by Crippen LogP contribution is -2.04. The van der Waals surface area contributed by atoms with E-state index in [1.54, 1.807) is 5.16 Å². The average Bonchev–Trinajstić information content (AvgIpc) is 2.21. The predicted molar refractivity (Wildman–Crippen MR) is 52.4 cm³/mol. The van der Waals surface area contributed by atoms with Crippen LogP contribution >= 0.6 is 12.2 Å². The zero-order valence-electron chi connectivity index (χ0n) is 9.01. The first kappa shape index (κ1) is 8.60. The van der Waals surface area contributed by atoms with Gasteiger partial charge >= 0.3 is 6.18 Å². The minimum absolute atomic E-state index is 0.466. The fourth-order valence-corrected chi connectivity index (χ4v) is 0.929. The summed E-state index contributed by atoms with van der Waals surface area (Å²) >= 11 is 4.23. The highest BCUT2D eigenvalue weighted by Crippen LogP contribution is 2.38. The summed E-state index contributed by atoms with van der Waals surface area (Å²) in [5, 5.41) is 1.81. The first-order chi connectivity index (χ1) is 7.82. The quantitative estimate of drug-likeness (QED) is 0.405. The standard InChI is InChI=1S/C9H3F3N2S/c1-13-8-3-2-6(14-5-15)4-7(8)9(10,11)12/h2-4H/i2D,4D. The van der Waals surface area contributed by atoms with E-state index >= 15 is 0 Å². The smallest absolute Gasteiger partial charge is 0.238 e. The van der Waals surface area contributed by atoms with Crippen molar-refractivity contribution in [2.75, 3.05) is 0 Å². The monoisotopic (exact) mass is 230 g/mol. The van der Waals surface area contributed by atoms with Crippen LogP contribution in [0.1, 0.15) is 8.30 Å². The van der Waals surface area contributed by atoms with Crippen molar-refractivity contribution >= 4 is 28.8 Å². The maximum Gasteiger partial charge on any atom is 0.407 e. The van der Waals surface area contributed by atoms with Gasteiger partial charge in [-0.1, -0.05) is 6.07 Å². The summed E-state index contributed by atoms with van der Waals surface area (Å²) in [5.74, 6) is 0. The zero-order valence-corrected chi connectivity index (χ0v) is 7.83. The number of nitrogens with zero attached hydrogens (tertiary/aromatic N) is 2. The third-order valence-electron chi connectivity index (χ3n) is 1.41. The molecule has 1 aromatic carbocycles. The normalized spacial score (nSPS) is 12.1. The molecule has 0 heterocycles. The largest absolute Gasteiger partial charge is 0.407 e. The summed E-state index contributed by atoms with van der Waals surface area (Å²) in [7, 11) is 0. The number of thiocarbonyl (C=S) groups is 1. The van der Waals surface area contributed by atoms with Crippen LogP contribution in [0, 0.1) is 6.57 Å². The molecule has 0 atom stereocenters. The van der Waals surface area contributed by atoms with E-state index < -0.39 is 35.2 Å². The number of hydrogen-bond acceptors (Lipinski definition) is 2. The van der Waals surface area contributed by atoms with Crippen molar-refractivity contribution in [3.63, 3.8) is 0 Å². The Hall–Kier alpha value is -1.70. The molecule has 0 aliphatic rings. The first-order valence-electron chi connectivity index (χ1n) is 4.49. The van der Waals surface area contributed by atoms with Crippen LogP contribution in [-0.2, 0) is 6.18 Å². The molecular formula is C9H3F3N2S. The Kier molecular flexibility index (Phi) is 2.42. The van der Waals surface area contributed by atoms with E-state index in [-0.39, 0.29) is 0 Å². The van der Waals surface area contributed by atoms with Crippen molar-refractivity contribution in [3.8, 4) is 0 Å². The summed E-state index contributed by atoms with van der Waals surface area (Å²) in [5.41, 5.74) is -2.75. The zero-order chi connectivity index (χ0) is 13.2. The van der Waals surface area contributed by atoms with Gasteiger partial charge in [0.05, 0.1) is 25.7 Å². The van der Waals surface area contributed by atoms with Gasteiger partial charge in [-0.05, 0) is 24.3 Å². The highest BCUT2D eigenvalue weighted by atomic mass is 32.1. The van der Waals surface area contributed by atoms with Gasteiger partial charge in [-0.2, -0.15) is 18.2 Å². The number of aliphatic imine (C=N–C) groups is 1. The van der Waals surface area contributed by atoms with E-state index in [1.807, 2.05) is 0 Å². The highest BCUT2D eigenvalue weighted by molar-refractivity contribution is 7.78. The molecule has 0 aliphatic heterocycles. The molecule has 0 saturated carbocycles. The molecule has 76 valence electrons. The van der Waals surface area contributed by atoms with Crippen molar-refractivity contribution < 1.29 is 15.9 Å². The van der Waals surface area contributed by atoms with Gasteiger partial charge in [-0.15, -0.1) is 0 Å². The van der Waals surface area contributed by atoms with Crippen molar-refractivity contribution in [2.45, 2.75) is 6.18 Å². The average molecular weight is 230 g/mol. The Labute approximate surface area is 91.7 Å². The summed E-state index contributed by atoms with van der Waals surface area (Å²) in [6.45, 7) is 6.62. The molecule has 1 rings (SSSR count). The second-order valence-electron chi connectivity index (χ2n) is 2.34. The lowest BCUT2D eigenvalue weighted by Gasteiger charge is -2.08. The topological polar surface area (TPSA) is 16.7 Å². The Bertz CT molecular complexity index is 557. The van der Waals surface area contributed by atoms with Gasteiger partial charge < -0.3 is 0 Å². The van der Waals surface area contributed by atoms with Crippen molar-refractivity contribution in [1.82, 2.24) is 0 Å². The SMILES string of the molecule is [2H]c1cc([N+]#[C-])c(C(F)(F)F)c([2H])c1N=C=S. The van der Waals surface area contributed by atoms with E-state index in [0.29, 0.717) is 6.07 Å². The van der Waals surface area contributed by atoms with Crippen LogP contribution in [0.2, 0.25) is 0 Å². The van der Waals surface area contributed by atoms with E-state index in [2.05, 4.69) is 22.1 Å². The molecular weight excluding hydrogens is 225 g/mol. The second kappa shape index (κ2) is 4.22. The summed E-state index contributed by atoms with van der Waals surface area (Å²) in [6.07, 6.45) is -4.85. The van der Waals surface area contributed by atoms with Crippen molar-refractivity contribution in [2.24, 2.45) is 4.99 Å². The van der Waals surface area contributed by atoms with Crippen molar-refractivity contribution in [3.05, 3.63) is 35.1 Å². The van der Waals surface area contributed by atoms with E-state index in [0.717, 1.165) is 0 Å². The number of rotatable bonds is 1. The Morgan fingerprint density at radius 1 is 1.60 bits per heavy atom. The Morgan fingerprint density at radius 3 is 2.73 bits per heavy atom. The van der Waals surface area contributed by atoms with Crippen LogP contribution in [0.15, 0.2) is 23.1 Å². The van der Waals surface area contributed by atoms with Crippen LogP contribution in [0.5, 0.6) is 0 Å². The molecule has 0 saturated heterocycles. The molecule has 6 heteroatoms. The molecule has 0 aromatic heterocycles. The van der Waals surface area contributed by atoms with Crippen LogP contribution in [0.4, 0.5) is 24.5 Å². The van der Waals surface area contributed by atoms with Crippen molar-refractivity contribution in [1.29, 1.82) is 0 Å². The van der Waals surface area contributed by atoms with Gasteiger partial charge in [0.1, 0.15) is 0 Å². The fourth-order valence-electron chi connectivity index (χ4n) is 0.838. The van der Waals surface area contributed by atoms with Crippen LogP contribution in [0.25, 0.3) is 4.85 Å². The lowest BCUT2D eigenvalue weighted by molar-refractivity contribution is -0.136. The molecule has 0 bridgehead atoms. The summed E-state index contributed by atoms with van der Waals surface area (Å²) in [4.78, 5) is 5.90. The number of benzene rings is 1. The van der Waals surface area contributed by atoms with Gasteiger partial charge in [-0.25, -0.2) is 4.85 Å². The molecule has 0 fully saturated rings. The van der Waals surface area contributed by atoms with E-state index in [9.17, 15) is 13.2 Å². The predicted octanol–water partition coefficient (Wildman–Crippen LogP) is 3.99. The first-order valence-corrected chi connectivity index (χ1v) is 3.90. The van der Waals surface area contributed by atoms with Gasteiger partial charge in [0, 0.05) is 0 Å². The summed E-state index contributed by atoms with van der Waals surface area (Å²) in [6, 6.07) is -0.793. The van der Waals surface area contributed by atoms with Crippen LogP contribution in [-0.4, -0.2) is 5.16 Å². The minimum atomic E-state index is -4.85. The maximum atomic E-state index is 12.6. The molecule has 0 unspecified atom stereocenters. The molecule has 0 aliphatic carbocycles. The number of hydrogen-bond donors (Lipinski definition) is 0. The second-order valence-corrected chi connectivity index (χ2v) is 2.52. The third-order valence-corrected chi connectivity index (χ3v) is 1.50. The number of isothiocyanates is 1. The highest BCUT2D eigenvalue weighted by Gasteiger charge is 2.33. The van der Waals surface area contributed by atoms with Gasteiger partial charge in [0.15, 0.2) is 5.69 Å². The Balaban J connectivity index is 3.75. The fraction of sp³-hybridized carbons (Fsp3) is 0.111. The molecule has 0 amide bonds. The number of halogens is 3. The minimum Gasteiger partial charge on any atom is -0.238 e. The van der Waals surface area contributed by atoms with Gasteiger partial charge in [0.2, 0.25) is 0 Å². The van der Waals surface area contributed by atoms with Gasteiger partial charge in [0.25, 0.3) is 0 Å². The molecule has 2 nitrogen and oxygen atoms in total. The third kappa shape index (κ3) is 2.62. The molecule has 0 radical (unpaired) electrons. The van der Waals surface area contributed by atoms with Crippen LogP contribution in [0.3, 0.4) is 0 Å². The summed E-state index contributed by atoms with van der Waals surface area (Å²) < 4.78 is 52.6. The Morgan fingerprint density at radius 2 is 2.27 bits per heavy atom. The van der Waals surface area contributed by atoms with Gasteiger partial charge in [-0.3, -0.25) is 0 Å². The maximum absolute atomic E-state index is 12.6. The van der Waals surface area contributed by atoms with E-state index in [4.69, 9.17) is 9.31 Å². The lowest BCUT2D eigenvalue weighted by atomic mass is 10.1. The molecule has 15 heavy (non-hydrogen) atoms. The number of alkyl halides is 3. The van der Waals surface area contributed by atoms with Crippen LogP contribution < -0.4 is 0 Å². The molecule has 1 aromatic rings.